The summed E-state index contributed by atoms with van der Waals surface area (Å²) < 4.78 is 5.60. The molecule has 1 saturated heterocycles. The molecule has 1 amide bonds. The van der Waals surface area contributed by atoms with Crippen LogP contribution < -0.4 is 16.6 Å². The lowest BCUT2D eigenvalue weighted by atomic mass is 9.88. The lowest BCUT2D eigenvalue weighted by molar-refractivity contribution is -0.135. The van der Waals surface area contributed by atoms with Crippen LogP contribution in [0.1, 0.15) is 32.5 Å². The van der Waals surface area contributed by atoms with Crippen LogP contribution in [0, 0.1) is 5.92 Å². The third kappa shape index (κ3) is 4.56. The normalized spacial score (nSPS) is 21.0. The van der Waals surface area contributed by atoms with Crippen LogP contribution >= 0.6 is 0 Å². The molecule has 0 bridgehead atoms. The number of aromatic nitrogens is 2. The maximum Gasteiger partial charge on any atom is 0.252 e. The number of carbonyl (C=O) groups is 1. The van der Waals surface area contributed by atoms with Crippen molar-refractivity contribution in [1.82, 2.24) is 15.3 Å². The maximum atomic E-state index is 12.1. The molecule has 0 spiro atoms. The van der Waals surface area contributed by atoms with E-state index in [1.54, 1.807) is 0 Å². The predicted molar refractivity (Wildman–Crippen MR) is 78.7 cm³/mol. The number of rotatable bonds is 4. The zero-order chi connectivity index (χ0) is 15.5. The molecule has 4 N–H and O–H groups in total. The molecule has 7 heteroatoms. The molecular formula is C14H22N4O3. The molecular weight excluding hydrogens is 272 g/mol. The molecule has 0 aromatic carbocycles. The van der Waals surface area contributed by atoms with E-state index in [2.05, 4.69) is 15.3 Å². The number of H-pyrrole nitrogens is 1. The number of nitrogens with zero attached hydrogens (tertiary/aromatic N) is 1. The smallest absolute Gasteiger partial charge is 0.252 e. The Morgan fingerprint density at radius 1 is 1.62 bits per heavy atom. The summed E-state index contributed by atoms with van der Waals surface area (Å²) in [6, 6.07) is 1.23. The van der Waals surface area contributed by atoms with E-state index in [4.69, 9.17) is 10.5 Å². The van der Waals surface area contributed by atoms with Gasteiger partial charge in [0.15, 0.2) is 0 Å². The molecule has 1 aromatic heterocycles. The van der Waals surface area contributed by atoms with Crippen LogP contribution in [0.3, 0.4) is 0 Å². The van der Waals surface area contributed by atoms with Gasteiger partial charge in [-0.05, 0) is 26.7 Å². The Balaban J connectivity index is 1.83. The number of ether oxygens (including phenoxy) is 1. The van der Waals surface area contributed by atoms with Crippen molar-refractivity contribution in [2.24, 2.45) is 5.92 Å². The SMILES string of the molecule is CC1(C)C[C@H](C(=O)NCCc2nc(N)cc(=O)[nH]2)CCO1. The molecule has 1 aromatic rings. The number of aromatic amines is 1. The average molecular weight is 294 g/mol. The summed E-state index contributed by atoms with van der Waals surface area (Å²) in [7, 11) is 0. The van der Waals surface area contributed by atoms with Gasteiger partial charge < -0.3 is 20.8 Å². The quantitative estimate of drug-likeness (QED) is 0.735. The van der Waals surface area contributed by atoms with E-state index < -0.39 is 0 Å². The van der Waals surface area contributed by atoms with Gasteiger partial charge in [-0.1, -0.05) is 0 Å². The van der Waals surface area contributed by atoms with E-state index in [0.717, 1.165) is 6.42 Å². The van der Waals surface area contributed by atoms with Crippen molar-refractivity contribution in [3.05, 3.63) is 22.2 Å². The summed E-state index contributed by atoms with van der Waals surface area (Å²) in [5.41, 5.74) is 4.97. The molecule has 21 heavy (non-hydrogen) atoms. The van der Waals surface area contributed by atoms with Gasteiger partial charge in [0, 0.05) is 31.6 Å². The lowest BCUT2D eigenvalue weighted by Gasteiger charge is -2.34. The van der Waals surface area contributed by atoms with E-state index >= 15 is 0 Å². The predicted octanol–water partition coefficient (Wildman–Crippen LogP) is 0.216. The van der Waals surface area contributed by atoms with Gasteiger partial charge in [0.05, 0.1) is 5.60 Å². The highest BCUT2D eigenvalue weighted by atomic mass is 16.5. The van der Waals surface area contributed by atoms with Gasteiger partial charge in [-0.2, -0.15) is 0 Å². The fourth-order valence-corrected chi connectivity index (χ4v) is 2.55. The zero-order valence-corrected chi connectivity index (χ0v) is 12.4. The molecule has 116 valence electrons. The summed E-state index contributed by atoms with van der Waals surface area (Å²) in [4.78, 5) is 30.0. The third-order valence-electron chi connectivity index (χ3n) is 3.54. The van der Waals surface area contributed by atoms with E-state index in [0.29, 0.717) is 31.8 Å². The van der Waals surface area contributed by atoms with Gasteiger partial charge in [-0.3, -0.25) is 9.59 Å². The van der Waals surface area contributed by atoms with Gasteiger partial charge in [-0.25, -0.2) is 4.98 Å². The highest BCUT2D eigenvalue weighted by Gasteiger charge is 2.32. The van der Waals surface area contributed by atoms with E-state index in [1.807, 2.05) is 13.8 Å². The monoisotopic (exact) mass is 294 g/mol. The van der Waals surface area contributed by atoms with Gasteiger partial charge in [0.2, 0.25) is 5.91 Å². The second-order valence-corrected chi connectivity index (χ2v) is 5.96. The first-order valence-corrected chi connectivity index (χ1v) is 7.13. The molecule has 1 atom stereocenters. The summed E-state index contributed by atoms with van der Waals surface area (Å²) in [6.07, 6.45) is 1.90. The van der Waals surface area contributed by atoms with E-state index in [9.17, 15) is 9.59 Å². The molecule has 0 radical (unpaired) electrons. The number of carbonyl (C=O) groups excluding carboxylic acids is 1. The van der Waals surface area contributed by atoms with Crippen LogP contribution in [-0.2, 0) is 16.0 Å². The highest BCUT2D eigenvalue weighted by molar-refractivity contribution is 5.78. The second kappa shape index (κ2) is 6.26. The van der Waals surface area contributed by atoms with Gasteiger partial charge in [0.1, 0.15) is 11.6 Å². The van der Waals surface area contributed by atoms with E-state index in [-0.39, 0.29) is 28.8 Å². The minimum atomic E-state index is -0.282. The fourth-order valence-electron chi connectivity index (χ4n) is 2.55. The van der Waals surface area contributed by atoms with Gasteiger partial charge >= 0.3 is 0 Å². The Hall–Kier alpha value is -1.89. The van der Waals surface area contributed by atoms with Crippen molar-refractivity contribution in [3.8, 4) is 0 Å². The highest BCUT2D eigenvalue weighted by Crippen LogP contribution is 2.28. The van der Waals surface area contributed by atoms with Gasteiger partial charge in [-0.15, -0.1) is 0 Å². The first-order chi connectivity index (χ1) is 9.85. The van der Waals surface area contributed by atoms with Gasteiger partial charge in [0.25, 0.3) is 5.56 Å². The summed E-state index contributed by atoms with van der Waals surface area (Å²) in [5, 5.41) is 2.88. The number of anilines is 1. The molecule has 0 unspecified atom stereocenters. The van der Waals surface area contributed by atoms with Crippen molar-refractivity contribution in [2.45, 2.75) is 38.7 Å². The van der Waals surface area contributed by atoms with Crippen molar-refractivity contribution in [2.75, 3.05) is 18.9 Å². The number of nitrogens with one attached hydrogen (secondary N) is 2. The van der Waals surface area contributed by atoms with Crippen LogP contribution in [0.2, 0.25) is 0 Å². The van der Waals surface area contributed by atoms with Crippen LogP contribution in [0.25, 0.3) is 0 Å². The molecule has 1 fully saturated rings. The molecule has 1 aliphatic heterocycles. The first kappa shape index (κ1) is 15.5. The standard InChI is InChI=1S/C14H22N4O3/c1-14(2)8-9(4-6-21-14)13(20)16-5-3-11-17-10(15)7-12(19)18-11/h7,9H,3-6,8H2,1-2H3,(H,16,20)(H3,15,17,18,19)/t9-/m1/s1. The largest absolute Gasteiger partial charge is 0.383 e. The van der Waals surface area contributed by atoms with Crippen LogP contribution in [-0.4, -0.2) is 34.6 Å². The Morgan fingerprint density at radius 2 is 2.38 bits per heavy atom. The molecule has 0 aliphatic carbocycles. The Morgan fingerprint density at radius 3 is 3.05 bits per heavy atom. The summed E-state index contributed by atoms with van der Waals surface area (Å²) >= 11 is 0. The minimum absolute atomic E-state index is 0.0256. The Bertz CT molecular complexity index is 568. The summed E-state index contributed by atoms with van der Waals surface area (Å²) in [6.45, 7) is 5.01. The van der Waals surface area contributed by atoms with Crippen molar-refractivity contribution < 1.29 is 9.53 Å². The maximum absolute atomic E-state index is 12.1. The Labute approximate surface area is 123 Å². The number of nitrogens with two attached hydrogens (primary N) is 1. The minimum Gasteiger partial charge on any atom is -0.383 e. The van der Waals surface area contributed by atoms with Crippen LogP contribution in [0.5, 0.6) is 0 Å². The fraction of sp³-hybridized carbons (Fsp3) is 0.643. The average Bonchev–Trinajstić information content (AvgIpc) is 2.36. The Kier molecular flexibility index (Phi) is 4.62. The molecule has 2 heterocycles. The number of amides is 1. The molecule has 2 rings (SSSR count). The topological polar surface area (TPSA) is 110 Å². The zero-order valence-electron chi connectivity index (χ0n) is 12.4. The van der Waals surface area contributed by atoms with Crippen LogP contribution in [0.15, 0.2) is 10.9 Å². The van der Waals surface area contributed by atoms with Crippen LogP contribution in [0.4, 0.5) is 5.82 Å². The number of hydrogen-bond donors (Lipinski definition) is 3. The second-order valence-electron chi connectivity index (χ2n) is 5.96. The number of hydrogen-bond acceptors (Lipinski definition) is 5. The lowest BCUT2D eigenvalue weighted by Crippen LogP contribution is -2.42. The van der Waals surface area contributed by atoms with Crippen molar-refractivity contribution >= 4 is 11.7 Å². The summed E-state index contributed by atoms with van der Waals surface area (Å²) in [5.74, 6) is 0.665. The van der Waals surface area contributed by atoms with Crippen molar-refractivity contribution in [1.29, 1.82) is 0 Å². The number of nitrogen functional groups attached to an aromatic ring is 1. The molecule has 7 nitrogen and oxygen atoms in total. The van der Waals surface area contributed by atoms with E-state index in [1.165, 1.54) is 6.07 Å². The first-order valence-electron chi connectivity index (χ1n) is 7.13. The molecule has 1 aliphatic rings. The van der Waals surface area contributed by atoms with Crippen molar-refractivity contribution in [3.63, 3.8) is 0 Å². The third-order valence-corrected chi connectivity index (χ3v) is 3.54. The molecule has 0 saturated carbocycles.